The molecule has 0 heterocycles. The molecule has 0 aromatic heterocycles. The van der Waals surface area contributed by atoms with Crippen molar-refractivity contribution in [1.29, 1.82) is 0 Å². The van der Waals surface area contributed by atoms with Crippen LogP contribution in [0.15, 0.2) is 12.7 Å². The van der Waals surface area contributed by atoms with E-state index in [0.717, 1.165) is 24.8 Å². The van der Waals surface area contributed by atoms with Crippen molar-refractivity contribution in [2.24, 2.45) is 5.92 Å². The standard InChI is InChI=1S/C13H24O3/c1-4-13(15)16-10-12(14)9-7-5-6-8-11(2)3/h4,11-12,14H,1,5-10H2,2-3H3. The van der Waals surface area contributed by atoms with Gasteiger partial charge >= 0.3 is 5.97 Å². The molecular formula is C13H24O3. The Hall–Kier alpha value is -0.830. The minimum Gasteiger partial charge on any atom is -0.460 e. The molecule has 0 radical (unpaired) electrons. The summed E-state index contributed by atoms with van der Waals surface area (Å²) in [5.74, 6) is 0.275. The summed E-state index contributed by atoms with van der Waals surface area (Å²) in [7, 11) is 0. The van der Waals surface area contributed by atoms with Gasteiger partial charge in [0, 0.05) is 6.08 Å². The van der Waals surface area contributed by atoms with Gasteiger partial charge in [-0.15, -0.1) is 0 Å². The molecule has 1 unspecified atom stereocenters. The van der Waals surface area contributed by atoms with Gasteiger partial charge in [-0.2, -0.15) is 0 Å². The van der Waals surface area contributed by atoms with Crippen LogP contribution in [-0.2, 0) is 9.53 Å². The molecule has 0 saturated carbocycles. The molecule has 0 rings (SSSR count). The highest BCUT2D eigenvalue weighted by atomic mass is 16.5. The lowest BCUT2D eigenvalue weighted by Gasteiger charge is -2.10. The summed E-state index contributed by atoms with van der Waals surface area (Å²) in [4.78, 5) is 10.7. The van der Waals surface area contributed by atoms with Crippen LogP contribution >= 0.6 is 0 Å². The molecule has 0 saturated heterocycles. The van der Waals surface area contributed by atoms with E-state index in [1.807, 2.05) is 0 Å². The van der Waals surface area contributed by atoms with Crippen molar-refractivity contribution in [1.82, 2.24) is 0 Å². The van der Waals surface area contributed by atoms with Crippen LogP contribution in [0, 0.1) is 5.92 Å². The highest BCUT2D eigenvalue weighted by Crippen LogP contribution is 2.10. The van der Waals surface area contributed by atoms with E-state index in [9.17, 15) is 9.90 Å². The van der Waals surface area contributed by atoms with Crippen LogP contribution in [0.1, 0.15) is 46.0 Å². The number of carbonyl (C=O) groups is 1. The lowest BCUT2D eigenvalue weighted by Crippen LogP contribution is -2.17. The number of aliphatic hydroxyl groups excluding tert-OH is 1. The second-order valence-electron chi connectivity index (χ2n) is 4.52. The molecular weight excluding hydrogens is 204 g/mol. The molecule has 0 bridgehead atoms. The number of unbranched alkanes of at least 4 members (excludes halogenated alkanes) is 2. The quantitative estimate of drug-likeness (QED) is 0.375. The summed E-state index contributed by atoms with van der Waals surface area (Å²) in [6.45, 7) is 7.79. The zero-order valence-corrected chi connectivity index (χ0v) is 10.4. The summed E-state index contributed by atoms with van der Waals surface area (Å²) in [5, 5.41) is 9.49. The summed E-state index contributed by atoms with van der Waals surface area (Å²) >= 11 is 0. The topological polar surface area (TPSA) is 46.5 Å². The Kier molecular flexibility index (Phi) is 8.91. The van der Waals surface area contributed by atoms with Crippen molar-refractivity contribution in [2.75, 3.05) is 6.61 Å². The Morgan fingerprint density at radius 1 is 1.31 bits per heavy atom. The second-order valence-corrected chi connectivity index (χ2v) is 4.52. The molecule has 0 spiro atoms. The molecule has 0 fully saturated rings. The first-order chi connectivity index (χ1) is 7.56. The molecule has 0 aliphatic rings. The molecule has 3 nitrogen and oxygen atoms in total. The fourth-order valence-electron chi connectivity index (χ4n) is 1.43. The second kappa shape index (κ2) is 9.40. The molecule has 1 atom stereocenters. The molecule has 0 aliphatic carbocycles. The van der Waals surface area contributed by atoms with E-state index in [-0.39, 0.29) is 6.61 Å². The van der Waals surface area contributed by atoms with E-state index in [0.29, 0.717) is 6.42 Å². The van der Waals surface area contributed by atoms with E-state index >= 15 is 0 Å². The summed E-state index contributed by atoms with van der Waals surface area (Å²) in [6.07, 6.45) is 5.82. The van der Waals surface area contributed by atoms with Crippen LogP contribution in [0.25, 0.3) is 0 Å². The van der Waals surface area contributed by atoms with Crippen molar-refractivity contribution in [3.63, 3.8) is 0 Å². The normalized spacial score (nSPS) is 12.5. The smallest absolute Gasteiger partial charge is 0.330 e. The van der Waals surface area contributed by atoms with Gasteiger partial charge in [-0.1, -0.05) is 46.1 Å². The van der Waals surface area contributed by atoms with E-state index < -0.39 is 12.1 Å². The zero-order chi connectivity index (χ0) is 12.4. The van der Waals surface area contributed by atoms with E-state index in [1.165, 1.54) is 12.8 Å². The highest BCUT2D eigenvalue weighted by Gasteiger charge is 2.06. The van der Waals surface area contributed by atoms with Gasteiger partial charge in [-0.05, 0) is 12.3 Å². The van der Waals surface area contributed by atoms with Crippen molar-refractivity contribution in [3.8, 4) is 0 Å². The molecule has 0 aliphatic heterocycles. The Balaban J connectivity index is 3.33. The number of ether oxygens (including phenoxy) is 1. The van der Waals surface area contributed by atoms with Gasteiger partial charge in [0.05, 0.1) is 6.10 Å². The molecule has 0 amide bonds. The van der Waals surface area contributed by atoms with E-state index in [1.54, 1.807) is 0 Å². The van der Waals surface area contributed by atoms with Gasteiger partial charge in [0.25, 0.3) is 0 Å². The maximum atomic E-state index is 10.7. The van der Waals surface area contributed by atoms with E-state index in [2.05, 4.69) is 20.4 Å². The Morgan fingerprint density at radius 2 is 1.94 bits per heavy atom. The van der Waals surface area contributed by atoms with Gasteiger partial charge < -0.3 is 9.84 Å². The van der Waals surface area contributed by atoms with Gasteiger partial charge in [0.15, 0.2) is 0 Å². The van der Waals surface area contributed by atoms with Crippen molar-refractivity contribution in [2.45, 2.75) is 52.1 Å². The van der Waals surface area contributed by atoms with E-state index in [4.69, 9.17) is 4.74 Å². The zero-order valence-electron chi connectivity index (χ0n) is 10.4. The SMILES string of the molecule is C=CC(=O)OCC(O)CCCCCC(C)C. The maximum absolute atomic E-state index is 10.7. The lowest BCUT2D eigenvalue weighted by molar-refractivity contribution is -0.140. The van der Waals surface area contributed by atoms with Gasteiger partial charge in [0.1, 0.15) is 6.61 Å². The maximum Gasteiger partial charge on any atom is 0.330 e. The number of rotatable bonds is 9. The fraction of sp³-hybridized carbons (Fsp3) is 0.769. The van der Waals surface area contributed by atoms with Gasteiger partial charge in [-0.3, -0.25) is 0 Å². The minimum absolute atomic E-state index is 0.0784. The molecule has 16 heavy (non-hydrogen) atoms. The van der Waals surface area contributed by atoms with Crippen LogP contribution in [0.5, 0.6) is 0 Å². The predicted octanol–water partition coefficient (Wildman–Crippen LogP) is 2.68. The van der Waals surface area contributed by atoms with Gasteiger partial charge in [-0.25, -0.2) is 4.79 Å². The largest absolute Gasteiger partial charge is 0.460 e. The van der Waals surface area contributed by atoms with Crippen molar-refractivity contribution < 1.29 is 14.6 Å². The molecule has 1 N–H and O–H groups in total. The van der Waals surface area contributed by atoms with Crippen LogP contribution in [0.2, 0.25) is 0 Å². The monoisotopic (exact) mass is 228 g/mol. The number of esters is 1. The third-order valence-electron chi connectivity index (χ3n) is 2.40. The first-order valence-corrected chi connectivity index (χ1v) is 6.03. The number of hydrogen-bond donors (Lipinski definition) is 1. The molecule has 94 valence electrons. The Labute approximate surface area is 98.5 Å². The highest BCUT2D eigenvalue weighted by molar-refractivity contribution is 5.81. The molecule has 0 aromatic carbocycles. The summed E-state index contributed by atoms with van der Waals surface area (Å²) < 4.78 is 4.74. The fourth-order valence-corrected chi connectivity index (χ4v) is 1.43. The van der Waals surface area contributed by atoms with Gasteiger partial charge in [0.2, 0.25) is 0 Å². The van der Waals surface area contributed by atoms with Crippen molar-refractivity contribution >= 4 is 5.97 Å². The third kappa shape index (κ3) is 9.71. The number of carbonyl (C=O) groups excluding carboxylic acids is 1. The summed E-state index contributed by atoms with van der Waals surface area (Å²) in [5.41, 5.74) is 0. The van der Waals surface area contributed by atoms with Crippen LogP contribution in [0.3, 0.4) is 0 Å². The third-order valence-corrected chi connectivity index (χ3v) is 2.40. The Bertz CT molecular complexity index is 199. The van der Waals surface area contributed by atoms with Crippen molar-refractivity contribution in [3.05, 3.63) is 12.7 Å². The Morgan fingerprint density at radius 3 is 2.50 bits per heavy atom. The first-order valence-electron chi connectivity index (χ1n) is 6.03. The minimum atomic E-state index is -0.539. The van der Waals surface area contributed by atoms with Crippen LogP contribution in [-0.4, -0.2) is 23.8 Å². The van der Waals surface area contributed by atoms with Crippen LogP contribution in [0.4, 0.5) is 0 Å². The number of aliphatic hydroxyl groups is 1. The number of hydrogen-bond acceptors (Lipinski definition) is 3. The van der Waals surface area contributed by atoms with Crippen LogP contribution < -0.4 is 0 Å². The predicted molar refractivity (Wildman–Crippen MR) is 65.1 cm³/mol. The molecule has 3 heteroatoms. The average Bonchev–Trinajstić information content (AvgIpc) is 2.24. The molecule has 0 aromatic rings. The lowest BCUT2D eigenvalue weighted by atomic mass is 10.0. The first kappa shape index (κ1) is 15.2. The summed E-state index contributed by atoms with van der Waals surface area (Å²) in [6, 6.07) is 0. The average molecular weight is 228 g/mol.